The first-order chi connectivity index (χ1) is 6.18. The van der Waals surface area contributed by atoms with Gasteiger partial charge < -0.3 is 9.53 Å². The lowest BCUT2D eigenvalue weighted by atomic mass is 9.88. The van der Waals surface area contributed by atoms with Gasteiger partial charge in [-0.15, -0.1) is 0 Å². The molecular formula is C10H14O3. The fourth-order valence-electron chi connectivity index (χ4n) is 2.52. The van der Waals surface area contributed by atoms with Crippen molar-refractivity contribution < 1.29 is 14.3 Å². The minimum absolute atomic E-state index is 0.0921. The monoisotopic (exact) mass is 182 g/mol. The maximum atomic E-state index is 11.3. The van der Waals surface area contributed by atoms with Gasteiger partial charge in [0, 0.05) is 12.3 Å². The van der Waals surface area contributed by atoms with Gasteiger partial charge in [0.05, 0.1) is 5.92 Å². The molecule has 3 nitrogen and oxygen atoms in total. The number of ketones is 1. The second-order valence-electron chi connectivity index (χ2n) is 4.08. The Hall–Kier alpha value is -0.860. The molecule has 0 aromatic carbocycles. The molecule has 0 radical (unpaired) electrons. The van der Waals surface area contributed by atoms with E-state index in [1.165, 1.54) is 6.92 Å². The molecule has 0 aromatic rings. The zero-order chi connectivity index (χ0) is 9.42. The third kappa shape index (κ3) is 1.47. The first kappa shape index (κ1) is 8.73. The molecule has 1 aliphatic heterocycles. The topological polar surface area (TPSA) is 43.4 Å². The maximum Gasteiger partial charge on any atom is 0.310 e. The summed E-state index contributed by atoms with van der Waals surface area (Å²) in [6, 6.07) is 0. The van der Waals surface area contributed by atoms with Crippen molar-refractivity contribution in [3.63, 3.8) is 0 Å². The van der Waals surface area contributed by atoms with E-state index in [0.717, 1.165) is 19.3 Å². The summed E-state index contributed by atoms with van der Waals surface area (Å²) >= 11 is 0. The Labute approximate surface area is 77.4 Å². The highest BCUT2D eigenvalue weighted by atomic mass is 16.6. The van der Waals surface area contributed by atoms with E-state index >= 15 is 0 Å². The lowest BCUT2D eigenvalue weighted by Gasteiger charge is -2.10. The van der Waals surface area contributed by atoms with Crippen LogP contribution in [0.5, 0.6) is 0 Å². The van der Waals surface area contributed by atoms with E-state index in [0.29, 0.717) is 12.3 Å². The number of hydrogen-bond acceptors (Lipinski definition) is 3. The first-order valence-corrected chi connectivity index (χ1v) is 4.88. The molecule has 0 N–H and O–H groups in total. The van der Waals surface area contributed by atoms with Crippen molar-refractivity contribution in [2.24, 2.45) is 11.8 Å². The standard InChI is InChI=1S/C10H14O3/c1-6(11)5-8-7-3-2-4-9(7)13-10(8)12/h7-9H,2-5H2,1H3/t7-,8+,9-/m0/s1. The molecule has 1 heterocycles. The molecule has 2 fully saturated rings. The molecule has 13 heavy (non-hydrogen) atoms. The summed E-state index contributed by atoms with van der Waals surface area (Å²) in [6.07, 6.45) is 3.67. The molecule has 1 saturated carbocycles. The number of carbonyl (C=O) groups excluding carboxylic acids is 2. The Balaban J connectivity index is 2.08. The number of ether oxygens (including phenoxy) is 1. The van der Waals surface area contributed by atoms with Crippen LogP contribution in [0.3, 0.4) is 0 Å². The van der Waals surface area contributed by atoms with Crippen LogP contribution in [-0.4, -0.2) is 17.9 Å². The number of rotatable bonds is 2. The summed E-state index contributed by atoms with van der Waals surface area (Å²) in [4.78, 5) is 22.3. The average Bonchev–Trinajstić information content (AvgIpc) is 2.55. The molecular weight excluding hydrogens is 168 g/mol. The summed E-state index contributed by atoms with van der Waals surface area (Å²) < 4.78 is 5.21. The summed E-state index contributed by atoms with van der Waals surface area (Å²) in [5.41, 5.74) is 0. The summed E-state index contributed by atoms with van der Waals surface area (Å²) in [5.74, 6) is 0.140. The van der Waals surface area contributed by atoms with Crippen molar-refractivity contribution in [1.29, 1.82) is 0 Å². The molecule has 1 aliphatic carbocycles. The fourth-order valence-corrected chi connectivity index (χ4v) is 2.52. The zero-order valence-corrected chi connectivity index (χ0v) is 7.79. The molecule has 0 unspecified atom stereocenters. The van der Waals surface area contributed by atoms with Crippen molar-refractivity contribution in [3.8, 4) is 0 Å². The SMILES string of the molecule is CC(=O)C[C@H]1C(=O)O[C@H]2CCC[C@H]21. The van der Waals surface area contributed by atoms with Crippen LogP contribution in [0, 0.1) is 11.8 Å². The minimum atomic E-state index is -0.148. The van der Waals surface area contributed by atoms with Gasteiger partial charge in [0.15, 0.2) is 0 Å². The minimum Gasteiger partial charge on any atom is -0.462 e. The van der Waals surface area contributed by atoms with E-state index in [-0.39, 0.29) is 23.8 Å². The predicted molar refractivity (Wildman–Crippen MR) is 46.0 cm³/mol. The van der Waals surface area contributed by atoms with Crippen LogP contribution in [0.2, 0.25) is 0 Å². The number of hydrogen-bond donors (Lipinski definition) is 0. The second-order valence-corrected chi connectivity index (χ2v) is 4.08. The quantitative estimate of drug-likeness (QED) is 0.605. The van der Waals surface area contributed by atoms with Crippen molar-refractivity contribution in [3.05, 3.63) is 0 Å². The molecule has 2 aliphatic rings. The molecule has 2 rings (SSSR count). The Morgan fingerprint density at radius 3 is 3.00 bits per heavy atom. The van der Waals surface area contributed by atoms with Crippen LogP contribution in [0.4, 0.5) is 0 Å². The Morgan fingerprint density at radius 2 is 2.31 bits per heavy atom. The van der Waals surface area contributed by atoms with Gasteiger partial charge in [0.1, 0.15) is 11.9 Å². The van der Waals surface area contributed by atoms with E-state index in [2.05, 4.69) is 0 Å². The third-order valence-electron chi connectivity index (χ3n) is 3.10. The molecule has 0 aromatic heterocycles. The molecule has 3 atom stereocenters. The van der Waals surface area contributed by atoms with Crippen LogP contribution in [0.1, 0.15) is 32.6 Å². The van der Waals surface area contributed by atoms with Gasteiger partial charge in [-0.2, -0.15) is 0 Å². The lowest BCUT2D eigenvalue weighted by molar-refractivity contribution is -0.145. The van der Waals surface area contributed by atoms with Crippen LogP contribution < -0.4 is 0 Å². The van der Waals surface area contributed by atoms with Crippen molar-refractivity contribution in [2.45, 2.75) is 38.7 Å². The van der Waals surface area contributed by atoms with Crippen molar-refractivity contribution >= 4 is 11.8 Å². The van der Waals surface area contributed by atoms with Crippen molar-refractivity contribution in [1.82, 2.24) is 0 Å². The Morgan fingerprint density at radius 1 is 1.54 bits per heavy atom. The van der Waals surface area contributed by atoms with Crippen molar-refractivity contribution in [2.75, 3.05) is 0 Å². The molecule has 0 amide bonds. The first-order valence-electron chi connectivity index (χ1n) is 4.88. The summed E-state index contributed by atoms with van der Waals surface area (Å²) in [5, 5.41) is 0. The van der Waals surface area contributed by atoms with E-state index in [4.69, 9.17) is 4.74 Å². The van der Waals surface area contributed by atoms with Gasteiger partial charge in [-0.25, -0.2) is 0 Å². The molecule has 0 spiro atoms. The number of fused-ring (bicyclic) bond motifs is 1. The number of Topliss-reactive ketones (excluding diaryl/α,β-unsaturated/α-hetero) is 1. The summed E-state index contributed by atoms with van der Waals surface area (Å²) in [6.45, 7) is 1.54. The van der Waals surface area contributed by atoms with Crippen LogP contribution in [0.25, 0.3) is 0 Å². The highest BCUT2D eigenvalue weighted by molar-refractivity contribution is 5.84. The third-order valence-corrected chi connectivity index (χ3v) is 3.10. The largest absolute Gasteiger partial charge is 0.462 e. The predicted octanol–water partition coefficient (Wildman–Crippen LogP) is 1.31. The zero-order valence-electron chi connectivity index (χ0n) is 7.79. The highest BCUT2D eigenvalue weighted by Crippen LogP contribution is 2.41. The lowest BCUT2D eigenvalue weighted by Crippen LogP contribution is -2.18. The number of esters is 1. The van der Waals surface area contributed by atoms with Gasteiger partial charge in [-0.1, -0.05) is 0 Å². The van der Waals surface area contributed by atoms with Crippen LogP contribution >= 0.6 is 0 Å². The summed E-state index contributed by atoms with van der Waals surface area (Å²) in [7, 11) is 0. The van der Waals surface area contributed by atoms with Gasteiger partial charge >= 0.3 is 5.97 Å². The molecule has 72 valence electrons. The average molecular weight is 182 g/mol. The van der Waals surface area contributed by atoms with Crippen LogP contribution in [0.15, 0.2) is 0 Å². The maximum absolute atomic E-state index is 11.3. The Bertz CT molecular complexity index is 247. The number of carbonyl (C=O) groups is 2. The van der Waals surface area contributed by atoms with E-state index in [1.54, 1.807) is 0 Å². The highest BCUT2D eigenvalue weighted by Gasteiger charge is 2.46. The van der Waals surface area contributed by atoms with E-state index in [9.17, 15) is 9.59 Å². The second kappa shape index (κ2) is 3.13. The molecule has 1 saturated heterocycles. The molecule has 0 bridgehead atoms. The molecule has 3 heteroatoms. The van der Waals surface area contributed by atoms with Gasteiger partial charge in [0.25, 0.3) is 0 Å². The normalized spacial score (nSPS) is 37.3. The smallest absolute Gasteiger partial charge is 0.310 e. The van der Waals surface area contributed by atoms with Crippen LogP contribution in [-0.2, 0) is 14.3 Å². The van der Waals surface area contributed by atoms with E-state index in [1.807, 2.05) is 0 Å². The van der Waals surface area contributed by atoms with Gasteiger partial charge in [-0.3, -0.25) is 4.79 Å². The van der Waals surface area contributed by atoms with Gasteiger partial charge in [-0.05, 0) is 26.2 Å². The van der Waals surface area contributed by atoms with E-state index < -0.39 is 0 Å². The fraction of sp³-hybridized carbons (Fsp3) is 0.800. The van der Waals surface area contributed by atoms with Gasteiger partial charge in [0.2, 0.25) is 0 Å². The Kier molecular flexibility index (Phi) is 2.10.